The van der Waals surface area contributed by atoms with Crippen molar-refractivity contribution in [1.82, 2.24) is 20.1 Å². The molecule has 0 aliphatic carbocycles. The predicted molar refractivity (Wildman–Crippen MR) is 96.1 cm³/mol. The molecular weight excluding hydrogens is 314 g/mol. The lowest BCUT2D eigenvalue weighted by Gasteiger charge is -2.05. The van der Waals surface area contributed by atoms with Gasteiger partial charge in [-0.1, -0.05) is 30.3 Å². The smallest absolute Gasteiger partial charge is 0.272 e. The molecule has 0 fully saturated rings. The Morgan fingerprint density at radius 3 is 2.56 bits per heavy atom. The van der Waals surface area contributed by atoms with Crippen molar-refractivity contribution < 1.29 is 4.79 Å². The summed E-state index contributed by atoms with van der Waals surface area (Å²) in [4.78, 5) is 21.5. The van der Waals surface area contributed by atoms with Crippen molar-refractivity contribution in [1.29, 1.82) is 0 Å². The van der Waals surface area contributed by atoms with Crippen LogP contribution in [0, 0.1) is 0 Å². The van der Waals surface area contributed by atoms with Gasteiger partial charge in [-0.15, -0.1) is 0 Å². The molecule has 0 saturated heterocycles. The standard InChI is InChI=1S/C19H17N5O/c1-2-24-18-17(16(23-24)14-6-4-3-5-7-14)22-15(12-21-19(18)25)13-8-10-20-11-9-13/h3-11H,2,12H2,1H3,(H,21,25). The van der Waals surface area contributed by atoms with Gasteiger partial charge in [0.2, 0.25) is 0 Å². The number of aryl methyl sites for hydroxylation is 1. The second-order valence-corrected chi connectivity index (χ2v) is 5.70. The molecule has 4 rings (SSSR count). The van der Waals surface area contributed by atoms with E-state index >= 15 is 0 Å². The Morgan fingerprint density at radius 1 is 1.08 bits per heavy atom. The summed E-state index contributed by atoms with van der Waals surface area (Å²) in [6, 6.07) is 13.6. The van der Waals surface area contributed by atoms with Crippen molar-refractivity contribution >= 4 is 17.3 Å². The predicted octanol–water partition coefficient (Wildman–Crippen LogP) is 2.83. The molecule has 25 heavy (non-hydrogen) atoms. The summed E-state index contributed by atoms with van der Waals surface area (Å²) in [5.41, 5.74) is 4.52. The quantitative estimate of drug-likeness (QED) is 0.802. The Bertz CT molecular complexity index is 945. The van der Waals surface area contributed by atoms with Crippen LogP contribution in [0.4, 0.5) is 5.69 Å². The molecule has 1 amide bonds. The average molecular weight is 331 g/mol. The number of hydrogen-bond acceptors (Lipinski definition) is 4. The molecule has 6 heteroatoms. The van der Waals surface area contributed by atoms with Gasteiger partial charge in [0.15, 0.2) is 5.69 Å². The van der Waals surface area contributed by atoms with Crippen LogP contribution in [0.25, 0.3) is 11.3 Å². The second-order valence-electron chi connectivity index (χ2n) is 5.70. The summed E-state index contributed by atoms with van der Waals surface area (Å²) < 4.78 is 1.71. The van der Waals surface area contributed by atoms with Crippen LogP contribution < -0.4 is 5.32 Å². The molecule has 1 aliphatic heterocycles. The van der Waals surface area contributed by atoms with Crippen molar-refractivity contribution in [3.05, 3.63) is 66.1 Å². The lowest BCUT2D eigenvalue weighted by Crippen LogP contribution is -2.29. The molecule has 3 heterocycles. The summed E-state index contributed by atoms with van der Waals surface area (Å²) in [5, 5.41) is 7.57. The number of fused-ring (bicyclic) bond motifs is 1. The van der Waals surface area contributed by atoms with Gasteiger partial charge in [-0.2, -0.15) is 5.10 Å². The van der Waals surface area contributed by atoms with Gasteiger partial charge in [0.25, 0.3) is 5.91 Å². The highest BCUT2D eigenvalue weighted by Crippen LogP contribution is 2.34. The minimum absolute atomic E-state index is 0.153. The maximum Gasteiger partial charge on any atom is 0.272 e. The van der Waals surface area contributed by atoms with Gasteiger partial charge < -0.3 is 5.32 Å². The van der Waals surface area contributed by atoms with E-state index in [1.54, 1.807) is 17.1 Å². The first-order chi connectivity index (χ1) is 12.3. The zero-order chi connectivity index (χ0) is 17.2. The highest BCUT2D eigenvalue weighted by atomic mass is 16.2. The summed E-state index contributed by atoms with van der Waals surface area (Å²) >= 11 is 0. The van der Waals surface area contributed by atoms with Crippen LogP contribution >= 0.6 is 0 Å². The van der Waals surface area contributed by atoms with Crippen molar-refractivity contribution in [3.8, 4) is 11.3 Å². The fourth-order valence-corrected chi connectivity index (χ4v) is 2.94. The van der Waals surface area contributed by atoms with Crippen LogP contribution in [0.3, 0.4) is 0 Å². The number of nitrogens with one attached hydrogen (secondary N) is 1. The number of rotatable bonds is 3. The fraction of sp³-hybridized carbons (Fsp3) is 0.158. The van der Waals surface area contributed by atoms with Gasteiger partial charge >= 0.3 is 0 Å². The average Bonchev–Trinajstić information content (AvgIpc) is 2.95. The third-order valence-corrected chi connectivity index (χ3v) is 4.17. The number of aromatic nitrogens is 3. The van der Waals surface area contributed by atoms with E-state index in [0.717, 1.165) is 22.5 Å². The molecule has 124 valence electrons. The summed E-state index contributed by atoms with van der Waals surface area (Å²) in [6.45, 7) is 2.94. The van der Waals surface area contributed by atoms with E-state index in [4.69, 9.17) is 4.99 Å². The minimum Gasteiger partial charge on any atom is -0.345 e. The number of nitrogens with zero attached hydrogens (tertiary/aromatic N) is 4. The van der Waals surface area contributed by atoms with Crippen molar-refractivity contribution in [3.63, 3.8) is 0 Å². The van der Waals surface area contributed by atoms with Gasteiger partial charge in [-0.3, -0.25) is 14.5 Å². The number of benzene rings is 1. The van der Waals surface area contributed by atoms with E-state index in [1.165, 1.54) is 0 Å². The maximum atomic E-state index is 12.6. The third-order valence-electron chi connectivity index (χ3n) is 4.17. The molecule has 0 spiro atoms. The van der Waals surface area contributed by atoms with Crippen LogP contribution in [0.1, 0.15) is 23.0 Å². The second kappa shape index (κ2) is 6.32. The molecule has 0 saturated carbocycles. The lowest BCUT2D eigenvalue weighted by molar-refractivity contribution is 0.0950. The molecule has 1 aromatic carbocycles. The van der Waals surface area contributed by atoms with Crippen LogP contribution in [-0.4, -0.2) is 32.9 Å². The number of carbonyl (C=O) groups excluding carboxylic acids is 1. The maximum absolute atomic E-state index is 12.6. The number of amides is 1. The van der Waals surface area contributed by atoms with Crippen LogP contribution in [0.5, 0.6) is 0 Å². The molecule has 1 aliphatic rings. The van der Waals surface area contributed by atoms with Crippen molar-refractivity contribution in [2.45, 2.75) is 13.5 Å². The van der Waals surface area contributed by atoms with E-state index < -0.39 is 0 Å². The first-order valence-electron chi connectivity index (χ1n) is 8.20. The summed E-state index contributed by atoms with van der Waals surface area (Å²) in [5.74, 6) is -0.153. The zero-order valence-electron chi connectivity index (χ0n) is 13.8. The molecular formula is C19H17N5O. The van der Waals surface area contributed by atoms with E-state index in [2.05, 4.69) is 15.4 Å². The molecule has 1 N–H and O–H groups in total. The van der Waals surface area contributed by atoms with E-state index in [-0.39, 0.29) is 5.91 Å². The fourth-order valence-electron chi connectivity index (χ4n) is 2.94. The van der Waals surface area contributed by atoms with Gasteiger partial charge in [0.05, 0.1) is 12.3 Å². The first-order valence-corrected chi connectivity index (χ1v) is 8.20. The molecule has 0 bridgehead atoms. The number of aliphatic imine (C=N–C) groups is 1. The normalized spacial score (nSPS) is 13.6. The largest absolute Gasteiger partial charge is 0.345 e. The van der Waals surface area contributed by atoms with Crippen molar-refractivity contribution in [2.24, 2.45) is 4.99 Å². The van der Waals surface area contributed by atoms with E-state index in [0.29, 0.717) is 24.5 Å². The van der Waals surface area contributed by atoms with Crippen molar-refractivity contribution in [2.75, 3.05) is 6.54 Å². The Hall–Kier alpha value is -3.28. The van der Waals surface area contributed by atoms with Gasteiger partial charge in [-0.25, -0.2) is 4.99 Å². The molecule has 6 nitrogen and oxygen atoms in total. The van der Waals surface area contributed by atoms with Gasteiger partial charge in [-0.05, 0) is 19.1 Å². The first kappa shape index (κ1) is 15.3. The highest BCUT2D eigenvalue weighted by molar-refractivity contribution is 6.11. The Kier molecular flexibility index (Phi) is 3.85. The Balaban J connectivity index is 1.94. The number of pyridine rings is 1. The number of carbonyl (C=O) groups is 1. The summed E-state index contributed by atoms with van der Waals surface area (Å²) in [6.07, 6.45) is 3.44. The number of hydrogen-bond donors (Lipinski definition) is 1. The van der Waals surface area contributed by atoms with Crippen LogP contribution in [0.2, 0.25) is 0 Å². The third kappa shape index (κ3) is 2.71. The molecule has 0 radical (unpaired) electrons. The Labute approximate surface area is 145 Å². The monoisotopic (exact) mass is 331 g/mol. The van der Waals surface area contributed by atoms with Gasteiger partial charge in [0, 0.05) is 30.1 Å². The van der Waals surface area contributed by atoms with E-state index in [1.807, 2.05) is 49.4 Å². The molecule has 0 atom stereocenters. The summed E-state index contributed by atoms with van der Waals surface area (Å²) in [7, 11) is 0. The van der Waals surface area contributed by atoms with E-state index in [9.17, 15) is 4.79 Å². The zero-order valence-corrected chi connectivity index (χ0v) is 13.8. The Morgan fingerprint density at radius 2 is 1.84 bits per heavy atom. The molecule has 3 aromatic rings. The van der Waals surface area contributed by atoms with Crippen LogP contribution in [0.15, 0.2) is 59.9 Å². The SMILES string of the molecule is CCn1nc(-c2ccccc2)c2c1C(=O)NCC(c1ccncc1)=N2. The minimum atomic E-state index is -0.153. The molecule has 0 unspecified atom stereocenters. The van der Waals surface area contributed by atoms with Crippen LogP contribution in [-0.2, 0) is 6.54 Å². The topological polar surface area (TPSA) is 72.2 Å². The highest BCUT2D eigenvalue weighted by Gasteiger charge is 2.27. The molecule has 2 aromatic heterocycles. The van der Waals surface area contributed by atoms with Gasteiger partial charge in [0.1, 0.15) is 11.4 Å². The lowest BCUT2D eigenvalue weighted by atomic mass is 10.1.